The largest absolute Gasteiger partial charge is 0.322 e. The van der Waals surface area contributed by atoms with Crippen LogP contribution in [-0.2, 0) is 11.3 Å². The third-order valence-corrected chi connectivity index (χ3v) is 6.36. The number of nitrogens with one attached hydrogen (secondary N) is 2. The van der Waals surface area contributed by atoms with E-state index in [-0.39, 0.29) is 0 Å². The highest BCUT2D eigenvalue weighted by atomic mass is 16.2. The van der Waals surface area contributed by atoms with Gasteiger partial charge in [-0.2, -0.15) is 5.26 Å². The van der Waals surface area contributed by atoms with Crippen molar-refractivity contribution in [1.82, 2.24) is 4.90 Å². The summed E-state index contributed by atoms with van der Waals surface area (Å²) in [6.07, 6.45) is 9.39. The molecular weight excluding hydrogens is 348 g/mol. The Bertz CT molecular complexity index is 752. The minimum atomic E-state index is 0.348. The average molecular weight is 381 g/mol. The van der Waals surface area contributed by atoms with Gasteiger partial charge in [0.1, 0.15) is 32.7 Å². The minimum Gasteiger partial charge on any atom is -0.322 e. The highest BCUT2D eigenvalue weighted by Crippen LogP contribution is 2.33. The molecule has 1 amide bonds. The molecule has 1 heterocycles. The van der Waals surface area contributed by atoms with Gasteiger partial charge in [-0.15, -0.1) is 0 Å². The van der Waals surface area contributed by atoms with Crippen molar-refractivity contribution >= 4 is 5.91 Å². The molecule has 0 radical (unpaired) electrons. The fourth-order valence-corrected chi connectivity index (χ4v) is 4.57. The number of piperazine rings is 1. The molecule has 2 fully saturated rings. The SMILES string of the molecule is N#Cc1ccc(C[NH+]2CC[NH+](CC(=O)N(C3=CCCCC3)C3CC3)CC2)cc1. The predicted molar refractivity (Wildman–Crippen MR) is 108 cm³/mol. The lowest BCUT2D eigenvalue weighted by Gasteiger charge is -2.32. The number of nitriles is 1. The number of quaternary nitrogens is 2. The number of hydrogen-bond acceptors (Lipinski definition) is 2. The zero-order valence-electron chi connectivity index (χ0n) is 16.8. The molecule has 28 heavy (non-hydrogen) atoms. The number of carbonyl (C=O) groups excluding carboxylic acids is 1. The van der Waals surface area contributed by atoms with Crippen molar-refractivity contribution in [2.75, 3.05) is 32.7 Å². The fourth-order valence-electron chi connectivity index (χ4n) is 4.57. The van der Waals surface area contributed by atoms with E-state index in [1.54, 1.807) is 4.90 Å². The van der Waals surface area contributed by atoms with Crippen LogP contribution in [0.15, 0.2) is 36.0 Å². The van der Waals surface area contributed by atoms with E-state index in [1.807, 2.05) is 12.1 Å². The Morgan fingerprint density at radius 3 is 2.39 bits per heavy atom. The fraction of sp³-hybridized carbons (Fsp3) is 0.565. The number of allylic oxidation sites excluding steroid dienone is 2. The van der Waals surface area contributed by atoms with Gasteiger partial charge in [-0.25, -0.2) is 0 Å². The molecule has 2 N–H and O–H groups in total. The van der Waals surface area contributed by atoms with Crippen LogP contribution < -0.4 is 9.80 Å². The molecule has 1 saturated carbocycles. The van der Waals surface area contributed by atoms with Crippen LogP contribution in [0.2, 0.25) is 0 Å². The lowest BCUT2D eigenvalue weighted by Crippen LogP contribution is -3.28. The maximum atomic E-state index is 13.1. The Balaban J connectivity index is 1.27. The van der Waals surface area contributed by atoms with Crippen LogP contribution in [0.1, 0.15) is 49.7 Å². The highest BCUT2D eigenvalue weighted by Gasteiger charge is 2.37. The summed E-state index contributed by atoms with van der Waals surface area (Å²) in [4.78, 5) is 18.2. The maximum absolute atomic E-state index is 13.1. The summed E-state index contributed by atoms with van der Waals surface area (Å²) < 4.78 is 0. The zero-order chi connectivity index (χ0) is 19.3. The number of amides is 1. The molecule has 2 aliphatic carbocycles. The second-order valence-electron chi connectivity index (χ2n) is 8.60. The van der Waals surface area contributed by atoms with Gasteiger partial charge < -0.3 is 14.7 Å². The van der Waals surface area contributed by atoms with Crippen molar-refractivity contribution < 1.29 is 14.6 Å². The molecule has 1 saturated heterocycles. The maximum Gasteiger partial charge on any atom is 0.282 e. The molecule has 0 aromatic heterocycles. The summed E-state index contributed by atoms with van der Waals surface area (Å²) in [7, 11) is 0. The summed E-state index contributed by atoms with van der Waals surface area (Å²) in [5, 5.41) is 8.92. The second-order valence-corrected chi connectivity index (χ2v) is 8.60. The van der Waals surface area contributed by atoms with E-state index in [9.17, 15) is 4.79 Å². The number of rotatable bonds is 6. The first-order valence-corrected chi connectivity index (χ1v) is 10.9. The molecule has 3 aliphatic rings. The Labute approximate surface area is 168 Å². The van der Waals surface area contributed by atoms with E-state index < -0.39 is 0 Å². The summed E-state index contributed by atoms with van der Waals surface area (Å²) in [6.45, 7) is 6.00. The van der Waals surface area contributed by atoms with Gasteiger partial charge >= 0.3 is 0 Å². The van der Waals surface area contributed by atoms with Crippen LogP contribution in [0.25, 0.3) is 0 Å². The van der Waals surface area contributed by atoms with E-state index in [0.717, 1.165) is 51.1 Å². The first-order valence-electron chi connectivity index (χ1n) is 10.9. The number of nitrogens with zero attached hydrogens (tertiary/aromatic N) is 2. The summed E-state index contributed by atoms with van der Waals surface area (Å²) in [6, 6.07) is 10.6. The lowest BCUT2D eigenvalue weighted by molar-refractivity contribution is -1.02. The molecule has 0 unspecified atom stereocenters. The first kappa shape index (κ1) is 19.2. The molecule has 5 nitrogen and oxygen atoms in total. The van der Waals surface area contributed by atoms with Gasteiger partial charge in [0, 0.05) is 17.3 Å². The van der Waals surface area contributed by atoms with Crippen LogP contribution in [0.3, 0.4) is 0 Å². The number of benzene rings is 1. The molecular formula is C23H32N4O+2. The summed E-state index contributed by atoms with van der Waals surface area (Å²) in [5.41, 5.74) is 3.32. The van der Waals surface area contributed by atoms with Crippen molar-refractivity contribution in [2.45, 2.75) is 51.1 Å². The van der Waals surface area contributed by atoms with Crippen LogP contribution in [-0.4, -0.2) is 49.6 Å². The van der Waals surface area contributed by atoms with E-state index in [1.165, 1.54) is 41.8 Å². The topological polar surface area (TPSA) is 53.0 Å². The normalized spacial score (nSPS) is 24.9. The van der Waals surface area contributed by atoms with Gasteiger partial charge in [0.05, 0.1) is 11.6 Å². The number of hydrogen-bond donors (Lipinski definition) is 2. The Morgan fingerprint density at radius 2 is 1.79 bits per heavy atom. The molecule has 5 heteroatoms. The highest BCUT2D eigenvalue weighted by molar-refractivity contribution is 5.79. The molecule has 1 aliphatic heterocycles. The lowest BCUT2D eigenvalue weighted by atomic mass is 10.0. The van der Waals surface area contributed by atoms with E-state index in [2.05, 4.69) is 29.2 Å². The Morgan fingerprint density at radius 1 is 1.07 bits per heavy atom. The summed E-state index contributed by atoms with van der Waals surface area (Å²) >= 11 is 0. The third kappa shape index (κ3) is 4.81. The zero-order valence-corrected chi connectivity index (χ0v) is 16.8. The monoisotopic (exact) mass is 380 g/mol. The van der Waals surface area contributed by atoms with Crippen molar-refractivity contribution in [1.29, 1.82) is 5.26 Å². The Hall–Kier alpha value is -2.16. The van der Waals surface area contributed by atoms with Gasteiger partial charge in [0.2, 0.25) is 0 Å². The van der Waals surface area contributed by atoms with Crippen LogP contribution in [0, 0.1) is 11.3 Å². The summed E-state index contributed by atoms with van der Waals surface area (Å²) in [5.74, 6) is 0.348. The number of carbonyl (C=O) groups is 1. The van der Waals surface area contributed by atoms with Crippen molar-refractivity contribution in [3.63, 3.8) is 0 Å². The van der Waals surface area contributed by atoms with Crippen LogP contribution in [0.5, 0.6) is 0 Å². The molecule has 0 spiro atoms. The molecule has 1 aromatic carbocycles. The van der Waals surface area contributed by atoms with Crippen molar-refractivity contribution in [2.24, 2.45) is 0 Å². The standard InChI is InChI=1S/C23H30N4O/c24-16-19-6-8-20(9-7-19)17-25-12-14-26(15-13-25)18-23(28)27(22-10-11-22)21-4-2-1-3-5-21/h4,6-9,22H,1-3,5,10-15,17-18H2/p+2. The molecule has 148 valence electrons. The van der Waals surface area contributed by atoms with Gasteiger partial charge in [-0.05, 0) is 50.7 Å². The van der Waals surface area contributed by atoms with Crippen molar-refractivity contribution in [3.8, 4) is 6.07 Å². The Kier molecular flexibility index (Phi) is 6.09. The second kappa shape index (κ2) is 8.89. The molecule has 0 atom stereocenters. The van der Waals surface area contributed by atoms with E-state index in [4.69, 9.17) is 5.26 Å². The van der Waals surface area contributed by atoms with Crippen LogP contribution >= 0.6 is 0 Å². The average Bonchev–Trinajstić information content (AvgIpc) is 3.56. The molecule has 4 rings (SSSR count). The minimum absolute atomic E-state index is 0.348. The van der Waals surface area contributed by atoms with Crippen molar-refractivity contribution in [3.05, 3.63) is 47.2 Å². The van der Waals surface area contributed by atoms with Gasteiger partial charge in [-0.3, -0.25) is 4.79 Å². The van der Waals surface area contributed by atoms with E-state index >= 15 is 0 Å². The quantitative estimate of drug-likeness (QED) is 0.745. The first-order chi connectivity index (χ1) is 13.7. The van der Waals surface area contributed by atoms with Crippen LogP contribution in [0.4, 0.5) is 0 Å². The van der Waals surface area contributed by atoms with Gasteiger partial charge in [0.25, 0.3) is 5.91 Å². The molecule has 1 aromatic rings. The third-order valence-electron chi connectivity index (χ3n) is 6.36. The smallest absolute Gasteiger partial charge is 0.282 e. The predicted octanol–water partition coefficient (Wildman–Crippen LogP) is 0.291. The van der Waals surface area contributed by atoms with Gasteiger partial charge in [-0.1, -0.05) is 18.2 Å². The van der Waals surface area contributed by atoms with Gasteiger partial charge in [0.15, 0.2) is 6.54 Å². The molecule has 0 bridgehead atoms. The van der Waals surface area contributed by atoms with E-state index in [0.29, 0.717) is 18.5 Å².